The number of ether oxygens (including phenoxy) is 2. The molecule has 0 bridgehead atoms. The van der Waals surface area contributed by atoms with Crippen LogP contribution in [0.15, 0.2) is 30.5 Å². The SMILES string of the molecule is CCN(CC)c1ccc(C(=O)Nc2cc(OC)c(Cl)cc2OC)nc1. The molecule has 0 unspecified atom stereocenters. The van der Waals surface area contributed by atoms with Gasteiger partial charge in [-0.25, -0.2) is 4.98 Å². The molecule has 134 valence electrons. The lowest BCUT2D eigenvalue weighted by Gasteiger charge is -2.20. The van der Waals surface area contributed by atoms with Crippen LogP contribution in [0.1, 0.15) is 24.3 Å². The predicted octanol–water partition coefficient (Wildman–Crippen LogP) is 3.85. The molecule has 1 amide bonds. The molecule has 1 aromatic carbocycles. The van der Waals surface area contributed by atoms with Gasteiger partial charge < -0.3 is 19.7 Å². The Hall–Kier alpha value is -2.47. The van der Waals surface area contributed by atoms with Crippen LogP contribution in [0.4, 0.5) is 11.4 Å². The van der Waals surface area contributed by atoms with Crippen LogP contribution < -0.4 is 19.7 Å². The van der Waals surface area contributed by atoms with Gasteiger partial charge in [0.2, 0.25) is 0 Å². The monoisotopic (exact) mass is 363 g/mol. The summed E-state index contributed by atoms with van der Waals surface area (Å²) in [6.07, 6.45) is 1.70. The number of nitrogens with one attached hydrogen (secondary N) is 1. The molecule has 7 heteroatoms. The first-order valence-electron chi connectivity index (χ1n) is 7.97. The van der Waals surface area contributed by atoms with Gasteiger partial charge in [0.05, 0.1) is 36.8 Å². The molecule has 1 heterocycles. The van der Waals surface area contributed by atoms with Gasteiger partial charge in [0.1, 0.15) is 17.2 Å². The summed E-state index contributed by atoms with van der Waals surface area (Å²) in [5.41, 5.74) is 1.75. The molecule has 0 atom stereocenters. The van der Waals surface area contributed by atoms with Crippen molar-refractivity contribution in [3.8, 4) is 11.5 Å². The zero-order valence-corrected chi connectivity index (χ0v) is 15.6. The molecule has 25 heavy (non-hydrogen) atoms. The van der Waals surface area contributed by atoms with Gasteiger partial charge in [0, 0.05) is 25.2 Å². The number of hydrogen-bond acceptors (Lipinski definition) is 5. The van der Waals surface area contributed by atoms with Crippen LogP contribution >= 0.6 is 11.6 Å². The standard InChI is InChI=1S/C18H22ClN3O3/c1-5-22(6-2)12-7-8-14(20-11-12)18(23)21-15-10-16(24-3)13(19)9-17(15)25-4/h7-11H,5-6H2,1-4H3,(H,21,23). The fourth-order valence-electron chi connectivity index (χ4n) is 2.44. The second-order valence-corrected chi connectivity index (χ2v) is 5.62. The Morgan fingerprint density at radius 2 is 1.84 bits per heavy atom. The molecule has 0 aliphatic rings. The van der Waals surface area contributed by atoms with Crippen LogP contribution in [0, 0.1) is 0 Å². The lowest BCUT2D eigenvalue weighted by molar-refractivity contribution is 0.102. The lowest BCUT2D eigenvalue weighted by atomic mass is 10.2. The number of carbonyl (C=O) groups excluding carboxylic acids is 1. The molecule has 0 fully saturated rings. The molecule has 1 aromatic heterocycles. The summed E-state index contributed by atoms with van der Waals surface area (Å²) in [7, 11) is 3.01. The third-order valence-corrected chi connectivity index (χ3v) is 4.13. The number of halogens is 1. The van der Waals surface area contributed by atoms with E-state index in [1.165, 1.54) is 14.2 Å². The Labute approximate surface area is 152 Å². The minimum Gasteiger partial charge on any atom is -0.495 e. The van der Waals surface area contributed by atoms with Crippen molar-refractivity contribution >= 4 is 28.9 Å². The van der Waals surface area contributed by atoms with Crippen molar-refractivity contribution in [3.63, 3.8) is 0 Å². The van der Waals surface area contributed by atoms with Crippen molar-refractivity contribution in [2.24, 2.45) is 0 Å². The number of pyridine rings is 1. The summed E-state index contributed by atoms with van der Waals surface area (Å²) in [5, 5.41) is 3.18. The van der Waals surface area contributed by atoms with E-state index in [0.29, 0.717) is 27.9 Å². The fraction of sp³-hybridized carbons (Fsp3) is 0.333. The number of anilines is 2. The van der Waals surface area contributed by atoms with E-state index in [1.807, 2.05) is 6.07 Å². The van der Waals surface area contributed by atoms with E-state index < -0.39 is 0 Å². The Morgan fingerprint density at radius 1 is 1.16 bits per heavy atom. The molecule has 0 radical (unpaired) electrons. The second kappa shape index (κ2) is 8.58. The van der Waals surface area contributed by atoms with E-state index in [9.17, 15) is 4.79 Å². The zero-order valence-electron chi connectivity index (χ0n) is 14.8. The van der Waals surface area contributed by atoms with Gasteiger partial charge in [-0.05, 0) is 26.0 Å². The van der Waals surface area contributed by atoms with Gasteiger partial charge in [-0.15, -0.1) is 0 Å². The van der Waals surface area contributed by atoms with E-state index in [4.69, 9.17) is 21.1 Å². The van der Waals surface area contributed by atoms with Crippen LogP contribution in [-0.2, 0) is 0 Å². The number of rotatable bonds is 7. The Balaban J connectivity index is 2.22. The minimum absolute atomic E-state index is 0.312. The second-order valence-electron chi connectivity index (χ2n) is 5.22. The maximum Gasteiger partial charge on any atom is 0.274 e. The van der Waals surface area contributed by atoms with E-state index in [1.54, 1.807) is 24.4 Å². The maximum atomic E-state index is 12.5. The van der Waals surface area contributed by atoms with E-state index in [0.717, 1.165) is 18.8 Å². The first-order valence-corrected chi connectivity index (χ1v) is 8.35. The van der Waals surface area contributed by atoms with Gasteiger partial charge >= 0.3 is 0 Å². The Morgan fingerprint density at radius 3 is 2.36 bits per heavy atom. The summed E-state index contributed by atoms with van der Waals surface area (Å²) in [6, 6.07) is 6.79. The third-order valence-electron chi connectivity index (χ3n) is 3.83. The van der Waals surface area contributed by atoms with Crippen LogP contribution in [0.2, 0.25) is 5.02 Å². The van der Waals surface area contributed by atoms with Crippen molar-refractivity contribution in [2.75, 3.05) is 37.5 Å². The van der Waals surface area contributed by atoms with Crippen LogP contribution in [0.3, 0.4) is 0 Å². The zero-order chi connectivity index (χ0) is 18.4. The molecular weight excluding hydrogens is 342 g/mol. The number of benzene rings is 1. The Bertz CT molecular complexity index is 731. The fourth-order valence-corrected chi connectivity index (χ4v) is 2.67. The van der Waals surface area contributed by atoms with Crippen molar-refractivity contribution in [1.82, 2.24) is 4.98 Å². The quantitative estimate of drug-likeness (QED) is 0.809. The molecule has 0 aliphatic carbocycles. The highest BCUT2D eigenvalue weighted by atomic mass is 35.5. The highest BCUT2D eigenvalue weighted by Crippen LogP contribution is 2.36. The smallest absolute Gasteiger partial charge is 0.274 e. The number of methoxy groups -OCH3 is 2. The van der Waals surface area contributed by atoms with E-state index >= 15 is 0 Å². The van der Waals surface area contributed by atoms with Gasteiger partial charge in [-0.3, -0.25) is 4.79 Å². The number of hydrogen-bond donors (Lipinski definition) is 1. The third kappa shape index (κ3) is 4.33. The topological polar surface area (TPSA) is 63.7 Å². The van der Waals surface area contributed by atoms with Crippen molar-refractivity contribution in [1.29, 1.82) is 0 Å². The predicted molar refractivity (Wildman–Crippen MR) is 100 cm³/mol. The highest BCUT2D eigenvalue weighted by Gasteiger charge is 2.15. The normalized spacial score (nSPS) is 10.3. The van der Waals surface area contributed by atoms with Crippen molar-refractivity contribution in [2.45, 2.75) is 13.8 Å². The van der Waals surface area contributed by atoms with Crippen LogP contribution in [0.5, 0.6) is 11.5 Å². The number of carbonyl (C=O) groups is 1. The first-order chi connectivity index (χ1) is 12.0. The molecule has 0 aliphatic heterocycles. The molecular formula is C18H22ClN3O3. The highest BCUT2D eigenvalue weighted by molar-refractivity contribution is 6.32. The number of amides is 1. The Kier molecular flexibility index (Phi) is 6.47. The largest absolute Gasteiger partial charge is 0.495 e. The van der Waals surface area contributed by atoms with Crippen molar-refractivity contribution < 1.29 is 14.3 Å². The summed E-state index contributed by atoms with van der Waals surface area (Å²) in [6.45, 7) is 5.91. The molecule has 1 N–H and O–H groups in total. The van der Waals surface area contributed by atoms with E-state index in [-0.39, 0.29) is 5.91 Å². The molecule has 2 rings (SSSR count). The van der Waals surface area contributed by atoms with Crippen molar-refractivity contribution in [3.05, 3.63) is 41.2 Å². The van der Waals surface area contributed by atoms with Gasteiger partial charge in [-0.1, -0.05) is 11.6 Å². The first kappa shape index (κ1) is 18.9. The molecule has 0 saturated carbocycles. The van der Waals surface area contributed by atoms with E-state index in [2.05, 4.69) is 29.0 Å². The summed E-state index contributed by atoms with van der Waals surface area (Å²) in [4.78, 5) is 18.9. The molecule has 2 aromatic rings. The maximum absolute atomic E-state index is 12.5. The average Bonchev–Trinajstić information content (AvgIpc) is 2.64. The number of aromatic nitrogens is 1. The summed E-state index contributed by atoms with van der Waals surface area (Å²) >= 11 is 6.07. The molecule has 0 spiro atoms. The van der Waals surface area contributed by atoms with Gasteiger partial charge in [0.25, 0.3) is 5.91 Å². The number of nitrogens with zero attached hydrogens (tertiary/aromatic N) is 2. The van der Waals surface area contributed by atoms with Crippen LogP contribution in [-0.4, -0.2) is 38.2 Å². The lowest BCUT2D eigenvalue weighted by Crippen LogP contribution is -2.22. The van der Waals surface area contributed by atoms with Gasteiger partial charge in [-0.2, -0.15) is 0 Å². The summed E-state index contributed by atoms with van der Waals surface area (Å²) in [5.74, 6) is 0.551. The molecule has 0 saturated heterocycles. The summed E-state index contributed by atoms with van der Waals surface area (Å²) < 4.78 is 10.4. The molecule has 6 nitrogen and oxygen atoms in total. The minimum atomic E-state index is -0.339. The van der Waals surface area contributed by atoms with Crippen LogP contribution in [0.25, 0.3) is 0 Å². The average molecular weight is 364 g/mol. The van der Waals surface area contributed by atoms with Gasteiger partial charge in [0.15, 0.2) is 0 Å².